The normalized spacial score (nSPS) is 10.5. The Morgan fingerprint density at radius 2 is 1.55 bits per heavy atom. The van der Waals surface area contributed by atoms with Crippen molar-refractivity contribution in [3.05, 3.63) is 88.4 Å². The maximum atomic E-state index is 12.7. The number of rotatable bonds is 10. The van der Waals surface area contributed by atoms with Crippen molar-refractivity contribution in [2.24, 2.45) is 5.92 Å². The van der Waals surface area contributed by atoms with Gasteiger partial charge in [0, 0.05) is 4.47 Å². The van der Waals surface area contributed by atoms with Crippen molar-refractivity contribution in [2.75, 3.05) is 19.8 Å². The molecule has 7 heteroatoms. The van der Waals surface area contributed by atoms with Gasteiger partial charge in [-0.05, 0) is 60.5 Å². The summed E-state index contributed by atoms with van der Waals surface area (Å²) in [4.78, 5) is 24.9. The molecule has 0 bridgehead atoms. The van der Waals surface area contributed by atoms with Gasteiger partial charge in [0.05, 0.1) is 12.2 Å². The van der Waals surface area contributed by atoms with Crippen molar-refractivity contribution in [1.82, 2.24) is 0 Å². The van der Waals surface area contributed by atoms with Crippen LogP contribution in [0.25, 0.3) is 0 Å². The van der Waals surface area contributed by atoms with Gasteiger partial charge in [-0.2, -0.15) is 0 Å². The lowest BCUT2D eigenvalue weighted by Crippen LogP contribution is -2.14. The predicted octanol–water partition coefficient (Wildman–Crippen LogP) is 5.94. The molecule has 0 fully saturated rings. The van der Waals surface area contributed by atoms with Gasteiger partial charge in [-0.3, -0.25) is 0 Å². The van der Waals surface area contributed by atoms with Crippen molar-refractivity contribution >= 4 is 27.9 Å². The van der Waals surface area contributed by atoms with E-state index in [2.05, 4.69) is 15.9 Å². The molecule has 0 heterocycles. The second-order valence-electron chi connectivity index (χ2n) is 7.56. The van der Waals surface area contributed by atoms with Crippen molar-refractivity contribution in [1.29, 1.82) is 0 Å². The van der Waals surface area contributed by atoms with Crippen LogP contribution in [0.1, 0.15) is 34.6 Å². The zero-order valence-corrected chi connectivity index (χ0v) is 20.0. The lowest BCUT2D eigenvalue weighted by Gasteiger charge is -2.13. The minimum absolute atomic E-state index is 0.118. The Morgan fingerprint density at radius 1 is 0.818 bits per heavy atom. The first-order chi connectivity index (χ1) is 15.9. The lowest BCUT2D eigenvalue weighted by molar-refractivity contribution is 0.0450. The van der Waals surface area contributed by atoms with Crippen molar-refractivity contribution in [2.45, 2.75) is 13.8 Å². The Kier molecular flexibility index (Phi) is 8.89. The van der Waals surface area contributed by atoms with Crippen LogP contribution in [0.4, 0.5) is 0 Å². The molecule has 0 aromatic heterocycles. The highest BCUT2D eigenvalue weighted by molar-refractivity contribution is 9.10. The number of hydrogen-bond donors (Lipinski definition) is 0. The molecule has 0 unspecified atom stereocenters. The van der Waals surface area contributed by atoms with Gasteiger partial charge in [0.1, 0.15) is 36.0 Å². The van der Waals surface area contributed by atoms with Crippen LogP contribution in [0.15, 0.2) is 77.3 Å². The van der Waals surface area contributed by atoms with E-state index in [0.29, 0.717) is 40.9 Å². The summed E-state index contributed by atoms with van der Waals surface area (Å²) in [5, 5.41) is 0. The molecule has 0 amide bonds. The third kappa shape index (κ3) is 7.64. The van der Waals surface area contributed by atoms with E-state index < -0.39 is 11.9 Å². The molecule has 0 N–H and O–H groups in total. The molecule has 0 spiro atoms. The van der Waals surface area contributed by atoms with E-state index in [0.717, 1.165) is 4.47 Å². The maximum Gasteiger partial charge on any atom is 0.347 e. The summed E-state index contributed by atoms with van der Waals surface area (Å²) in [6.07, 6.45) is 0. The van der Waals surface area contributed by atoms with Gasteiger partial charge in [-0.15, -0.1) is 0 Å². The predicted molar refractivity (Wildman–Crippen MR) is 128 cm³/mol. The molecule has 0 saturated carbocycles. The van der Waals surface area contributed by atoms with Crippen LogP contribution in [0.2, 0.25) is 0 Å². The zero-order valence-electron chi connectivity index (χ0n) is 18.5. The third-order valence-electron chi connectivity index (χ3n) is 4.36. The molecule has 172 valence electrons. The number of benzene rings is 3. The highest BCUT2D eigenvalue weighted by atomic mass is 79.9. The molecule has 0 aliphatic carbocycles. The Hall–Kier alpha value is -3.32. The third-order valence-corrected chi connectivity index (χ3v) is 4.86. The fourth-order valence-electron chi connectivity index (χ4n) is 2.76. The van der Waals surface area contributed by atoms with Crippen molar-refractivity contribution in [3.63, 3.8) is 0 Å². The zero-order chi connectivity index (χ0) is 23.6. The van der Waals surface area contributed by atoms with E-state index in [4.69, 9.17) is 18.9 Å². The lowest BCUT2D eigenvalue weighted by atomic mass is 10.2. The van der Waals surface area contributed by atoms with Crippen LogP contribution >= 0.6 is 15.9 Å². The molecular formula is C26H25BrO6. The van der Waals surface area contributed by atoms with Crippen LogP contribution in [0, 0.1) is 5.92 Å². The van der Waals surface area contributed by atoms with E-state index >= 15 is 0 Å². The molecule has 6 nitrogen and oxygen atoms in total. The molecule has 3 rings (SSSR count). The Morgan fingerprint density at radius 3 is 2.24 bits per heavy atom. The fraction of sp³-hybridized carbons (Fsp3) is 0.231. The average Bonchev–Trinajstić information content (AvgIpc) is 2.82. The number of para-hydroxylation sites is 1. The summed E-state index contributed by atoms with van der Waals surface area (Å²) < 4.78 is 22.7. The monoisotopic (exact) mass is 512 g/mol. The maximum absolute atomic E-state index is 12.7. The van der Waals surface area contributed by atoms with Gasteiger partial charge in [0.25, 0.3) is 0 Å². The van der Waals surface area contributed by atoms with Crippen molar-refractivity contribution in [3.8, 4) is 17.2 Å². The summed E-state index contributed by atoms with van der Waals surface area (Å²) in [7, 11) is 0. The summed E-state index contributed by atoms with van der Waals surface area (Å²) >= 11 is 3.37. The van der Waals surface area contributed by atoms with Crippen LogP contribution in [-0.2, 0) is 4.74 Å². The second kappa shape index (κ2) is 12.1. The largest absolute Gasteiger partial charge is 0.492 e. The van der Waals surface area contributed by atoms with E-state index in [-0.39, 0.29) is 13.2 Å². The van der Waals surface area contributed by atoms with Gasteiger partial charge in [-0.25, -0.2) is 9.59 Å². The number of hydrogen-bond acceptors (Lipinski definition) is 6. The summed E-state index contributed by atoms with van der Waals surface area (Å²) in [5.41, 5.74) is 0.657. The molecule has 0 atom stereocenters. The summed E-state index contributed by atoms with van der Waals surface area (Å²) in [6, 6.07) is 20.6. The van der Waals surface area contributed by atoms with Gasteiger partial charge < -0.3 is 18.9 Å². The first-order valence-corrected chi connectivity index (χ1v) is 11.3. The molecule has 0 radical (unpaired) electrons. The highest BCUT2D eigenvalue weighted by Gasteiger charge is 2.17. The molecule has 3 aromatic rings. The molecule has 33 heavy (non-hydrogen) atoms. The summed E-state index contributed by atoms with van der Waals surface area (Å²) in [5.74, 6) is 0.746. The second-order valence-corrected chi connectivity index (χ2v) is 8.47. The molecule has 0 saturated heterocycles. The molecular weight excluding hydrogens is 488 g/mol. The Bertz CT molecular complexity index is 1060. The van der Waals surface area contributed by atoms with Crippen LogP contribution in [-0.4, -0.2) is 31.8 Å². The van der Waals surface area contributed by atoms with Gasteiger partial charge in [0.2, 0.25) is 0 Å². The quantitative estimate of drug-likeness (QED) is 0.190. The SMILES string of the molecule is CC(C)COc1ccc(Br)cc1C(=O)Oc1ccc(C(=O)OCCOc2ccccc2)cc1. The van der Waals surface area contributed by atoms with Gasteiger partial charge in [0.15, 0.2) is 0 Å². The van der Waals surface area contributed by atoms with E-state index in [1.165, 1.54) is 0 Å². The van der Waals surface area contributed by atoms with E-state index in [9.17, 15) is 9.59 Å². The van der Waals surface area contributed by atoms with Gasteiger partial charge in [-0.1, -0.05) is 48.0 Å². The summed E-state index contributed by atoms with van der Waals surface area (Å²) in [6.45, 7) is 4.90. The molecule has 3 aromatic carbocycles. The van der Waals surface area contributed by atoms with Crippen LogP contribution in [0.3, 0.4) is 0 Å². The minimum Gasteiger partial charge on any atom is -0.492 e. The number of ether oxygens (including phenoxy) is 4. The number of carbonyl (C=O) groups is 2. The fourth-order valence-corrected chi connectivity index (χ4v) is 3.12. The van der Waals surface area contributed by atoms with Crippen molar-refractivity contribution < 1.29 is 28.5 Å². The number of carbonyl (C=O) groups excluding carboxylic acids is 2. The number of halogens is 1. The van der Waals surface area contributed by atoms with Gasteiger partial charge >= 0.3 is 11.9 Å². The molecule has 0 aliphatic rings. The Labute approximate surface area is 201 Å². The standard InChI is InChI=1S/C26H25BrO6/c1-18(2)17-32-24-13-10-20(27)16-23(24)26(29)33-22-11-8-19(9-12-22)25(28)31-15-14-30-21-6-4-3-5-7-21/h3-13,16,18H,14-15,17H2,1-2H3. The van der Waals surface area contributed by atoms with E-state index in [1.807, 2.05) is 44.2 Å². The average molecular weight is 513 g/mol. The van der Waals surface area contributed by atoms with Crippen LogP contribution < -0.4 is 14.2 Å². The minimum atomic E-state index is -0.552. The Balaban J connectivity index is 1.54. The van der Waals surface area contributed by atoms with E-state index in [1.54, 1.807) is 42.5 Å². The smallest absolute Gasteiger partial charge is 0.347 e. The first-order valence-electron chi connectivity index (χ1n) is 10.5. The van der Waals surface area contributed by atoms with Crippen LogP contribution in [0.5, 0.6) is 17.2 Å². The first kappa shape index (κ1) is 24.3. The highest BCUT2D eigenvalue weighted by Crippen LogP contribution is 2.26. The topological polar surface area (TPSA) is 71.1 Å². The number of esters is 2. The molecule has 0 aliphatic heterocycles.